The van der Waals surface area contributed by atoms with E-state index in [4.69, 9.17) is 18.9 Å². The van der Waals surface area contributed by atoms with Crippen molar-refractivity contribution in [3.05, 3.63) is 46.5 Å². The number of benzene rings is 2. The summed E-state index contributed by atoms with van der Waals surface area (Å²) in [6, 6.07) is 8.53. The van der Waals surface area contributed by atoms with Crippen LogP contribution in [0.2, 0.25) is 0 Å². The minimum Gasteiger partial charge on any atom is -0.494 e. The van der Waals surface area contributed by atoms with Crippen LogP contribution in [0.15, 0.2) is 24.3 Å². The first kappa shape index (κ1) is 21.9. The van der Waals surface area contributed by atoms with Crippen LogP contribution in [-0.2, 0) is 10.8 Å². The largest absolute Gasteiger partial charge is 0.494 e. The van der Waals surface area contributed by atoms with Gasteiger partial charge in [0.1, 0.15) is 23.0 Å². The molecule has 0 amide bonds. The normalized spacial score (nSPS) is 19.6. The van der Waals surface area contributed by atoms with Gasteiger partial charge in [-0.05, 0) is 63.1 Å². The Morgan fingerprint density at radius 1 is 0.710 bits per heavy atom. The summed E-state index contributed by atoms with van der Waals surface area (Å²) < 4.78 is 25.1. The van der Waals surface area contributed by atoms with Gasteiger partial charge in [-0.2, -0.15) is 0 Å². The molecule has 0 radical (unpaired) electrons. The van der Waals surface area contributed by atoms with Crippen LogP contribution < -0.4 is 18.9 Å². The molecule has 0 saturated carbocycles. The van der Waals surface area contributed by atoms with E-state index in [0.717, 1.165) is 47.0 Å². The van der Waals surface area contributed by atoms with Crippen LogP contribution in [0.4, 0.5) is 0 Å². The Kier molecular flexibility index (Phi) is 5.19. The van der Waals surface area contributed by atoms with E-state index in [1.807, 2.05) is 13.8 Å². The predicted octanol–water partition coefficient (Wildman–Crippen LogP) is 6.62. The zero-order chi connectivity index (χ0) is 22.6. The van der Waals surface area contributed by atoms with Gasteiger partial charge in [-0.25, -0.2) is 0 Å². The summed E-state index contributed by atoms with van der Waals surface area (Å²) in [4.78, 5) is 0. The van der Waals surface area contributed by atoms with E-state index < -0.39 is 5.79 Å². The molecule has 4 rings (SSSR count). The van der Waals surface area contributed by atoms with Gasteiger partial charge in [-0.15, -0.1) is 0 Å². The van der Waals surface area contributed by atoms with Gasteiger partial charge in [0.25, 0.3) is 5.79 Å². The molecular formula is C27H36O4. The van der Waals surface area contributed by atoms with Crippen molar-refractivity contribution in [1.29, 1.82) is 0 Å². The summed E-state index contributed by atoms with van der Waals surface area (Å²) in [6.07, 6.45) is 1.55. The first-order valence-electron chi connectivity index (χ1n) is 11.4. The summed E-state index contributed by atoms with van der Waals surface area (Å²) >= 11 is 0. The Morgan fingerprint density at radius 3 is 1.45 bits per heavy atom. The van der Waals surface area contributed by atoms with Gasteiger partial charge in [0.05, 0.1) is 13.2 Å². The molecule has 1 spiro atoms. The van der Waals surface area contributed by atoms with E-state index in [0.29, 0.717) is 13.2 Å². The summed E-state index contributed by atoms with van der Waals surface area (Å²) in [5.41, 5.74) is 4.31. The third-order valence-electron chi connectivity index (χ3n) is 6.63. The first-order valence-corrected chi connectivity index (χ1v) is 11.4. The number of hydrogen-bond acceptors (Lipinski definition) is 4. The lowest BCUT2D eigenvalue weighted by atomic mass is 9.69. The second-order valence-corrected chi connectivity index (χ2v) is 10.3. The number of aryl methyl sites for hydroxylation is 2. The van der Waals surface area contributed by atoms with Crippen molar-refractivity contribution in [3.8, 4) is 23.0 Å². The van der Waals surface area contributed by atoms with E-state index in [1.165, 1.54) is 11.1 Å². The molecule has 4 heteroatoms. The highest BCUT2D eigenvalue weighted by atomic mass is 16.7. The summed E-state index contributed by atoms with van der Waals surface area (Å²) in [6.45, 7) is 18.6. The molecular weight excluding hydrogens is 388 g/mol. The molecule has 0 unspecified atom stereocenters. The molecule has 0 bridgehead atoms. The zero-order valence-electron chi connectivity index (χ0n) is 20.3. The second-order valence-electron chi connectivity index (χ2n) is 10.3. The SMILES string of the molecule is CCOc1cc2c(cc1C)OC1(CC2(C)C)CC(C)(C)c2cc(OCC)c(C)cc2O1. The van der Waals surface area contributed by atoms with E-state index >= 15 is 0 Å². The van der Waals surface area contributed by atoms with Crippen LogP contribution in [0, 0.1) is 13.8 Å². The van der Waals surface area contributed by atoms with Gasteiger partial charge < -0.3 is 18.9 Å². The number of fused-ring (bicyclic) bond motifs is 2. The molecule has 0 atom stereocenters. The molecule has 2 heterocycles. The molecule has 168 valence electrons. The molecule has 0 N–H and O–H groups in total. The monoisotopic (exact) mass is 424 g/mol. The highest BCUT2D eigenvalue weighted by molar-refractivity contribution is 5.53. The number of rotatable bonds is 4. The predicted molar refractivity (Wildman–Crippen MR) is 124 cm³/mol. The first-order chi connectivity index (χ1) is 14.5. The lowest BCUT2D eigenvalue weighted by Crippen LogP contribution is -2.55. The van der Waals surface area contributed by atoms with Crippen molar-refractivity contribution in [2.24, 2.45) is 0 Å². The maximum atomic E-state index is 6.71. The van der Waals surface area contributed by atoms with Crippen LogP contribution in [0.3, 0.4) is 0 Å². The van der Waals surface area contributed by atoms with E-state index in [2.05, 4.69) is 65.8 Å². The Hall–Kier alpha value is -2.36. The molecule has 0 fully saturated rings. The molecule has 2 aromatic carbocycles. The molecule has 2 aliphatic heterocycles. The van der Waals surface area contributed by atoms with Gasteiger partial charge in [0, 0.05) is 34.8 Å². The Balaban J connectivity index is 1.78. The van der Waals surface area contributed by atoms with Gasteiger partial charge in [0.2, 0.25) is 0 Å². The fraction of sp³-hybridized carbons (Fsp3) is 0.556. The standard InChI is InChI=1S/C27H36O4/c1-9-28-21-13-19-23(11-17(21)3)30-27(15-25(19,5)6)16-26(7,8)20-14-22(29-10-2)18(4)12-24(20)31-27/h11-14H,9-10,15-16H2,1-8H3. The van der Waals surface area contributed by atoms with E-state index in [9.17, 15) is 0 Å². The van der Waals surface area contributed by atoms with Crippen molar-refractivity contribution in [3.63, 3.8) is 0 Å². The summed E-state index contributed by atoms with van der Waals surface area (Å²) in [7, 11) is 0. The van der Waals surface area contributed by atoms with Gasteiger partial charge >= 0.3 is 0 Å². The smallest absolute Gasteiger partial charge is 0.252 e. The molecule has 2 aromatic rings. The van der Waals surface area contributed by atoms with Crippen LogP contribution in [-0.4, -0.2) is 19.0 Å². The van der Waals surface area contributed by atoms with Crippen LogP contribution in [0.1, 0.15) is 76.6 Å². The zero-order valence-corrected chi connectivity index (χ0v) is 20.3. The van der Waals surface area contributed by atoms with Crippen molar-refractivity contribution >= 4 is 0 Å². The third-order valence-corrected chi connectivity index (χ3v) is 6.63. The maximum Gasteiger partial charge on any atom is 0.252 e. The minimum absolute atomic E-state index is 0.110. The average Bonchev–Trinajstić information content (AvgIpc) is 2.63. The van der Waals surface area contributed by atoms with Crippen LogP contribution in [0.5, 0.6) is 23.0 Å². The quantitative estimate of drug-likeness (QED) is 0.553. The Morgan fingerprint density at radius 2 is 1.10 bits per heavy atom. The summed E-state index contributed by atoms with van der Waals surface area (Å²) in [5, 5.41) is 0. The fourth-order valence-corrected chi connectivity index (χ4v) is 5.34. The summed E-state index contributed by atoms with van der Waals surface area (Å²) in [5.74, 6) is 2.97. The van der Waals surface area contributed by atoms with Gasteiger partial charge in [0.15, 0.2) is 0 Å². The lowest BCUT2D eigenvalue weighted by Gasteiger charge is -2.51. The second kappa shape index (κ2) is 7.36. The van der Waals surface area contributed by atoms with Crippen LogP contribution >= 0.6 is 0 Å². The molecule has 31 heavy (non-hydrogen) atoms. The van der Waals surface area contributed by atoms with Gasteiger partial charge in [-0.3, -0.25) is 0 Å². The lowest BCUT2D eigenvalue weighted by molar-refractivity contribution is -0.166. The molecule has 2 aliphatic rings. The number of hydrogen-bond donors (Lipinski definition) is 0. The minimum atomic E-state index is -0.702. The van der Waals surface area contributed by atoms with E-state index in [-0.39, 0.29) is 10.8 Å². The van der Waals surface area contributed by atoms with E-state index in [1.54, 1.807) is 0 Å². The van der Waals surface area contributed by atoms with Crippen LogP contribution in [0.25, 0.3) is 0 Å². The topological polar surface area (TPSA) is 36.9 Å². The highest BCUT2D eigenvalue weighted by Crippen LogP contribution is 2.55. The Bertz CT molecular complexity index is 921. The molecule has 4 nitrogen and oxygen atoms in total. The van der Waals surface area contributed by atoms with Crippen molar-refractivity contribution in [2.75, 3.05) is 13.2 Å². The van der Waals surface area contributed by atoms with Gasteiger partial charge in [-0.1, -0.05) is 27.7 Å². The highest BCUT2D eigenvalue weighted by Gasteiger charge is 2.53. The average molecular weight is 425 g/mol. The Labute approximate surface area is 186 Å². The molecule has 0 aliphatic carbocycles. The maximum absolute atomic E-state index is 6.71. The van der Waals surface area contributed by atoms with Crippen molar-refractivity contribution in [2.45, 2.75) is 84.8 Å². The van der Waals surface area contributed by atoms with Crippen molar-refractivity contribution < 1.29 is 18.9 Å². The molecule has 0 aromatic heterocycles. The fourth-order valence-electron chi connectivity index (χ4n) is 5.34. The molecule has 0 saturated heterocycles. The number of ether oxygens (including phenoxy) is 4. The third kappa shape index (κ3) is 3.75. The van der Waals surface area contributed by atoms with Crippen molar-refractivity contribution in [1.82, 2.24) is 0 Å².